The predicted octanol–water partition coefficient (Wildman–Crippen LogP) is 2.38. The van der Waals surface area contributed by atoms with E-state index in [-0.39, 0.29) is 18.5 Å². The molecule has 0 radical (unpaired) electrons. The molecule has 21 heavy (non-hydrogen) atoms. The van der Waals surface area contributed by atoms with Crippen LogP contribution in [-0.4, -0.2) is 39.6 Å². The Labute approximate surface area is 128 Å². The Bertz CT molecular complexity index is 503. The molecule has 0 aromatic carbocycles. The molecule has 1 aromatic heterocycles. The van der Waals surface area contributed by atoms with Gasteiger partial charge in [-0.15, -0.1) is 11.3 Å². The fraction of sp³-hybridized carbons (Fsp3) is 0.643. The van der Waals surface area contributed by atoms with Crippen molar-refractivity contribution in [2.24, 2.45) is 0 Å². The number of amides is 2. The molecule has 2 N–H and O–H groups in total. The Morgan fingerprint density at radius 3 is 3.00 bits per heavy atom. The van der Waals surface area contributed by atoms with Crippen LogP contribution in [-0.2, 0) is 11.3 Å². The molecule has 1 aliphatic heterocycles. The van der Waals surface area contributed by atoms with Crippen LogP contribution >= 0.6 is 11.3 Å². The minimum Gasteiger partial charge on any atom is -0.481 e. The normalized spacial score (nSPS) is 18.5. The van der Waals surface area contributed by atoms with E-state index in [1.807, 2.05) is 12.3 Å². The second kappa shape index (κ2) is 7.40. The topological polar surface area (TPSA) is 82.5 Å². The Morgan fingerprint density at radius 2 is 2.33 bits per heavy atom. The van der Waals surface area contributed by atoms with Gasteiger partial charge in [-0.25, -0.2) is 9.78 Å². The van der Waals surface area contributed by atoms with Gasteiger partial charge in [-0.3, -0.25) is 4.79 Å². The number of carbonyl (C=O) groups excluding carboxylic acids is 1. The number of aromatic nitrogens is 1. The number of carboxylic acids is 1. The van der Waals surface area contributed by atoms with Crippen LogP contribution in [0.4, 0.5) is 4.79 Å². The van der Waals surface area contributed by atoms with E-state index in [0.717, 1.165) is 30.0 Å². The monoisotopic (exact) mass is 311 g/mol. The summed E-state index contributed by atoms with van der Waals surface area (Å²) in [5.41, 5.74) is 0.960. The number of aryl methyl sites for hydroxylation is 1. The van der Waals surface area contributed by atoms with Crippen LogP contribution in [0.2, 0.25) is 0 Å². The summed E-state index contributed by atoms with van der Waals surface area (Å²) in [6.45, 7) is 3.06. The third kappa shape index (κ3) is 4.70. The zero-order valence-electron chi connectivity index (χ0n) is 12.2. The molecule has 0 spiro atoms. The van der Waals surface area contributed by atoms with Crippen molar-refractivity contribution in [1.82, 2.24) is 15.2 Å². The van der Waals surface area contributed by atoms with Gasteiger partial charge in [-0.1, -0.05) is 0 Å². The second-order valence-electron chi connectivity index (χ2n) is 5.32. The van der Waals surface area contributed by atoms with Gasteiger partial charge < -0.3 is 15.3 Å². The lowest BCUT2D eigenvalue weighted by atomic mass is 9.98. The highest BCUT2D eigenvalue weighted by atomic mass is 32.1. The molecule has 0 bridgehead atoms. The Kier molecular flexibility index (Phi) is 5.55. The van der Waals surface area contributed by atoms with Gasteiger partial charge in [-0.05, 0) is 32.6 Å². The SMILES string of the molecule is Cc1csc(CNC(=O)N2CCCCC2CCC(=O)O)n1. The zero-order chi connectivity index (χ0) is 15.2. The molecule has 6 nitrogen and oxygen atoms in total. The molecule has 1 unspecified atom stereocenters. The number of urea groups is 1. The van der Waals surface area contributed by atoms with Gasteiger partial charge in [-0.2, -0.15) is 0 Å². The van der Waals surface area contributed by atoms with Crippen molar-refractivity contribution in [3.05, 3.63) is 16.1 Å². The summed E-state index contributed by atoms with van der Waals surface area (Å²) in [6.07, 6.45) is 3.56. The minimum absolute atomic E-state index is 0.0351. The molecule has 1 atom stereocenters. The Balaban J connectivity index is 1.87. The van der Waals surface area contributed by atoms with Gasteiger partial charge in [0.2, 0.25) is 0 Å². The maximum absolute atomic E-state index is 12.3. The minimum atomic E-state index is -0.806. The summed E-state index contributed by atoms with van der Waals surface area (Å²) in [6, 6.07) is -0.0779. The van der Waals surface area contributed by atoms with Crippen molar-refractivity contribution in [1.29, 1.82) is 0 Å². The molecule has 2 amide bonds. The maximum atomic E-state index is 12.3. The molecule has 0 saturated carbocycles. The summed E-state index contributed by atoms with van der Waals surface area (Å²) < 4.78 is 0. The lowest BCUT2D eigenvalue weighted by Crippen LogP contribution is -2.48. The summed E-state index contributed by atoms with van der Waals surface area (Å²) >= 11 is 1.53. The first-order valence-corrected chi connectivity index (χ1v) is 8.11. The molecule has 2 rings (SSSR count). The summed E-state index contributed by atoms with van der Waals surface area (Å²) in [7, 11) is 0. The Hall–Kier alpha value is -1.63. The molecule has 1 aliphatic rings. The summed E-state index contributed by atoms with van der Waals surface area (Å²) in [4.78, 5) is 29.1. The van der Waals surface area contributed by atoms with Crippen molar-refractivity contribution >= 4 is 23.3 Å². The van der Waals surface area contributed by atoms with E-state index < -0.39 is 5.97 Å². The number of piperidine rings is 1. The molecule has 1 saturated heterocycles. The van der Waals surface area contributed by atoms with Crippen LogP contribution in [0.25, 0.3) is 0 Å². The number of likely N-dealkylation sites (tertiary alicyclic amines) is 1. The first kappa shape index (κ1) is 15.8. The molecule has 116 valence electrons. The number of carbonyl (C=O) groups is 2. The lowest BCUT2D eigenvalue weighted by molar-refractivity contribution is -0.137. The van der Waals surface area contributed by atoms with Crippen molar-refractivity contribution < 1.29 is 14.7 Å². The number of thiazole rings is 1. The largest absolute Gasteiger partial charge is 0.481 e. The van der Waals surface area contributed by atoms with Gasteiger partial charge in [0, 0.05) is 30.1 Å². The quantitative estimate of drug-likeness (QED) is 0.874. The smallest absolute Gasteiger partial charge is 0.317 e. The number of hydrogen-bond donors (Lipinski definition) is 2. The molecular formula is C14H21N3O3S. The van der Waals surface area contributed by atoms with Gasteiger partial charge >= 0.3 is 12.0 Å². The highest BCUT2D eigenvalue weighted by Gasteiger charge is 2.26. The lowest BCUT2D eigenvalue weighted by Gasteiger charge is -2.35. The standard InChI is InChI=1S/C14H21N3O3S/c1-10-9-21-12(16-10)8-15-14(20)17-7-3-2-4-11(17)5-6-13(18)19/h9,11H,2-8H2,1H3,(H,15,20)(H,18,19). The first-order chi connectivity index (χ1) is 10.1. The van der Waals surface area contributed by atoms with Gasteiger partial charge in [0.05, 0.1) is 6.54 Å². The number of aliphatic carboxylic acids is 1. The van der Waals surface area contributed by atoms with E-state index in [1.165, 1.54) is 11.3 Å². The molecule has 1 aromatic rings. The third-order valence-corrected chi connectivity index (χ3v) is 4.60. The van der Waals surface area contributed by atoms with E-state index in [0.29, 0.717) is 19.5 Å². The highest BCUT2D eigenvalue weighted by Crippen LogP contribution is 2.21. The molecule has 7 heteroatoms. The maximum Gasteiger partial charge on any atom is 0.317 e. The molecule has 0 aliphatic carbocycles. The number of nitrogens with one attached hydrogen (secondary N) is 1. The van der Waals surface area contributed by atoms with E-state index in [1.54, 1.807) is 4.90 Å². The van der Waals surface area contributed by atoms with Crippen LogP contribution < -0.4 is 5.32 Å². The first-order valence-electron chi connectivity index (χ1n) is 7.23. The second-order valence-corrected chi connectivity index (χ2v) is 6.26. The summed E-state index contributed by atoms with van der Waals surface area (Å²) in [5.74, 6) is -0.806. The van der Waals surface area contributed by atoms with Gasteiger partial charge in [0.25, 0.3) is 0 Å². The number of hydrogen-bond acceptors (Lipinski definition) is 4. The number of nitrogens with zero attached hydrogens (tertiary/aromatic N) is 2. The van der Waals surface area contributed by atoms with E-state index in [9.17, 15) is 9.59 Å². The zero-order valence-corrected chi connectivity index (χ0v) is 13.0. The molecule has 1 fully saturated rings. The summed E-state index contributed by atoms with van der Waals surface area (Å²) in [5, 5.41) is 14.5. The molecule has 2 heterocycles. The van der Waals surface area contributed by atoms with E-state index in [2.05, 4.69) is 10.3 Å². The predicted molar refractivity (Wildman–Crippen MR) is 80.3 cm³/mol. The Morgan fingerprint density at radius 1 is 1.52 bits per heavy atom. The molecular weight excluding hydrogens is 290 g/mol. The fourth-order valence-electron chi connectivity index (χ4n) is 2.59. The number of carboxylic acid groups (broad SMARTS) is 1. The highest BCUT2D eigenvalue weighted by molar-refractivity contribution is 7.09. The average molecular weight is 311 g/mol. The van der Waals surface area contributed by atoms with E-state index >= 15 is 0 Å². The van der Waals surface area contributed by atoms with Crippen LogP contribution in [0.1, 0.15) is 42.8 Å². The van der Waals surface area contributed by atoms with Crippen LogP contribution in [0.15, 0.2) is 5.38 Å². The van der Waals surface area contributed by atoms with Crippen molar-refractivity contribution in [3.63, 3.8) is 0 Å². The number of rotatable bonds is 5. The van der Waals surface area contributed by atoms with Crippen LogP contribution in [0, 0.1) is 6.92 Å². The van der Waals surface area contributed by atoms with Gasteiger partial charge in [0.1, 0.15) is 5.01 Å². The van der Waals surface area contributed by atoms with Crippen molar-refractivity contribution in [2.45, 2.75) is 51.6 Å². The van der Waals surface area contributed by atoms with Gasteiger partial charge in [0.15, 0.2) is 0 Å². The van der Waals surface area contributed by atoms with Crippen LogP contribution in [0.3, 0.4) is 0 Å². The third-order valence-electron chi connectivity index (χ3n) is 3.64. The van der Waals surface area contributed by atoms with Crippen molar-refractivity contribution in [3.8, 4) is 0 Å². The van der Waals surface area contributed by atoms with Crippen molar-refractivity contribution in [2.75, 3.05) is 6.54 Å². The average Bonchev–Trinajstić information content (AvgIpc) is 2.88. The fourth-order valence-corrected chi connectivity index (χ4v) is 3.31. The van der Waals surface area contributed by atoms with Crippen LogP contribution in [0.5, 0.6) is 0 Å². The van der Waals surface area contributed by atoms with E-state index in [4.69, 9.17) is 5.11 Å².